The van der Waals surface area contributed by atoms with Crippen molar-refractivity contribution in [2.45, 2.75) is 40.0 Å². The largest absolute Gasteiger partial charge is 0.497 e. The van der Waals surface area contributed by atoms with Crippen molar-refractivity contribution in [1.29, 1.82) is 0 Å². The van der Waals surface area contributed by atoms with Gasteiger partial charge in [0, 0.05) is 12.3 Å². The standard InChI is InChI=1S/C17H24O2/c1-11-15(10-16(18)12(2)17(11,3)4)13-6-8-14(19-5)9-7-13/h6-9,11-12,15H,10H2,1-5H3/t11-,12+,15-/m1/s1. The van der Waals surface area contributed by atoms with Crippen LogP contribution in [0.2, 0.25) is 0 Å². The minimum Gasteiger partial charge on any atom is -0.497 e. The smallest absolute Gasteiger partial charge is 0.136 e. The molecule has 1 fully saturated rings. The molecule has 0 amide bonds. The van der Waals surface area contributed by atoms with Gasteiger partial charge in [0.15, 0.2) is 0 Å². The molecule has 2 rings (SSSR count). The van der Waals surface area contributed by atoms with E-state index in [1.807, 2.05) is 12.1 Å². The lowest BCUT2D eigenvalue weighted by Gasteiger charge is -2.46. The van der Waals surface area contributed by atoms with Crippen LogP contribution < -0.4 is 4.74 Å². The predicted molar refractivity (Wildman–Crippen MR) is 77.5 cm³/mol. The third-order valence-corrected chi connectivity index (χ3v) is 5.34. The van der Waals surface area contributed by atoms with Gasteiger partial charge in [0.25, 0.3) is 0 Å². The zero-order valence-corrected chi connectivity index (χ0v) is 12.6. The van der Waals surface area contributed by atoms with E-state index in [9.17, 15) is 4.79 Å². The van der Waals surface area contributed by atoms with Gasteiger partial charge >= 0.3 is 0 Å². The molecule has 0 unspecified atom stereocenters. The van der Waals surface area contributed by atoms with Gasteiger partial charge < -0.3 is 4.74 Å². The molecule has 0 radical (unpaired) electrons. The van der Waals surface area contributed by atoms with Crippen LogP contribution in [-0.2, 0) is 4.79 Å². The molecule has 0 saturated heterocycles. The average Bonchev–Trinajstić information content (AvgIpc) is 2.41. The van der Waals surface area contributed by atoms with Gasteiger partial charge in [-0.3, -0.25) is 4.79 Å². The maximum atomic E-state index is 12.2. The summed E-state index contributed by atoms with van der Waals surface area (Å²) in [5.41, 5.74) is 1.31. The summed E-state index contributed by atoms with van der Waals surface area (Å²) in [6.45, 7) is 8.78. The Balaban J connectivity index is 2.30. The van der Waals surface area contributed by atoms with E-state index in [4.69, 9.17) is 4.74 Å². The summed E-state index contributed by atoms with van der Waals surface area (Å²) < 4.78 is 5.20. The monoisotopic (exact) mass is 260 g/mol. The van der Waals surface area contributed by atoms with Gasteiger partial charge in [-0.1, -0.05) is 39.8 Å². The van der Waals surface area contributed by atoms with E-state index < -0.39 is 0 Å². The summed E-state index contributed by atoms with van der Waals surface area (Å²) in [6, 6.07) is 8.16. The van der Waals surface area contributed by atoms with Crippen LogP contribution in [0, 0.1) is 17.3 Å². The van der Waals surface area contributed by atoms with Crippen molar-refractivity contribution in [3.63, 3.8) is 0 Å². The highest BCUT2D eigenvalue weighted by molar-refractivity contribution is 5.83. The first-order valence-corrected chi connectivity index (χ1v) is 7.04. The summed E-state index contributed by atoms with van der Waals surface area (Å²) in [4.78, 5) is 12.2. The molecule has 104 valence electrons. The van der Waals surface area contributed by atoms with E-state index in [1.54, 1.807) is 7.11 Å². The SMILES string of the molecule is COc1ccc([C@@H]2CC(=O)[C@H](C)C(C)(C)[C@@H]2C)cc1. The van der Waals surface area contributed by atoms with E-state index in [1.165, 1.54) is 5.56 Å². The number of carbonyl (C=O) groups excluding carboxylic acids is 1. The van der Waals surface area contributed by atoms with E-state index >= 15 is 0 Å². The third kappa shape index (κ3) is 2.41. The summed E-state index contributed by atoms with van der Waals surface area (Å²) in [7, 11) is 1.67. The maximum absolute atomic E-state index is 12.2. The molecule has 0 bridgehead atoms. The highest BCUT2D eigenvalue weighted by atomic mass is 16.5. The second-order valence-corrected chi connectivity index (χ2v) is 6.38. The number of hydrogen-bond donors (Lipinski definition) is 0. The number of rotatable bonds is 2. The van der Waals surface area contributed by atoms with Crippen molar-refractivity contribution >= 4 is 5.78 Å². The van der Waals surface area contributed by atoms with Crippen molar-refractivity contribution < 1.29 is 9.53 Å². The number of benzene rings is 1. The molecule has 0 heterocycles. The molecular weight excluding hydrogens is 236 g/mol. The van der Waals surface area contributed by atoms with Gasteiger partial charge in [0.2, 0.25) is 0 Å². The maximum Gasteiger partial charge on any atom is 0.136 e. The van der Waals surface area contributed by atoms with E-state index in [2.05, 4.69) is 39.8 Å². The van der Waals surface area contributed by atoms with Crippen molar-refractivity contribution in [2.24, 2.45) is 17.3 Å². The van der Waals surface area contributed by atoms with Gasteiger partial charge in [0.05, 0.1) is 7.11 Å². The minimum atomic E-state index is 0.0555. The molecule has 2 heteroatoms. The molecule has 19 heavy (non-hydrogen) atoms. The summed E-state index contributed by atoms with van der Waals surface area (Å²) in [5.74, 6) is 2.23. The molecule has 0 aromatic heterocycles. The first-order valence-electron chi connectivity index (χ1n) is 7.04. The topological polar surface area (TPSA) is 26.3 Å². The van der Waals surface area contributed by atoms with Crippen LogP contribution in [0.25, 0.3) is 0 Å². The van der Waals surface area contributed by atoms with Crippen LogP contribution in [0.4, 0.5) is 0 Å². The van der Waals surface area contributed by atoms with Gasteiger partial charge in [-0.15, -0.1) is 0 Å². The second-order valence-electron chi connectivity index (χ2n) is 6.38. The Labute approximate surface area is 116 Å². The number of Topliss-reactive ketones (excluding diaryl/α,β-unsaturated/α-hetero) is 1. The van der Waals surface area contributed by atoms with Gasteiger partial charge in [-0.05, 0) is 34.9 Å². The molecule has 0 spiro atoms. The highest BCUT2D eigenvalue weighted by Crippen LogP contribution is 2.49. The Bertz CT molecular complexity index is 459. The molecule has 1 aliphatic carbocycles. The summed E-state index contributed by atoms with van der Waals surface area (Å²) in [6.07, 6.45) is 0.665. The van der Waals surface area contributed by atoms with Crippen LogP contribution in [0.15, 0.2) is 24.3 Å². The quantitative estimate of drug-likeness (QED) is 0.802. The van der Waals surface area contributed by atoms with E-state index in [0.29, 0.717) is 24.0 Å². The Kier molecular flexibility index (Phi) is 3.71. The van der Waals surface area contributed by atoms with E-state index in [0.717, 1.165) is 5.75 Å². The Morgan fingerprint density at radius 3 is 2.26 bits per heavy atom. The van der Waals surface area contributed by atoms with Crippen molar-refractivity contribution in [2.75, 3.05) is 7.11 Å². The molecule has 0 aliphatic heterocycles. The fourth-order valence-corrected chi connectivity index (χ4v) is 3.16. The van der Waals surface area contributed by atoms with Gasteiger partial charge in [-0.2, -0.15) is 0 Å². The van der Waals surface area contributed by atoms with Crippen LogP contribution in [-0.4, -0.2) is 12.9 Å². The third-order valence-electron chi connectivity index (χ3n) is 5.34. The zero-order valence-electron chi connectivity index (χ0n) is 12.6. The molecule has 1 aromatic carbocycles. The van der Waals surface area contributed by atoms with Crippen LogP contribution in [0.1, 0.15) is 45.6 Å². The van der Waals surface area contributed by atoms with Crippen molar-refractivity contribution in [3.05, 3.63) is 29.8 Å². The minimum absolute atomic E-state index is 0.0555. The predicted octanol–water partition coefficient (Wildman–Crippen LogP) is 4.05. The highest BCUT2D eigenvalue weighted by Gasteiger charge is 2.45. The number of ketones is 1. The van der Waals surface area contributed by atoms with Crippen molar-refractivity contribution in [3.8, 4) is 5.75 Å². The first-order chi connectivity index (χ1) is 8.87. The first kappa shape index (κ1) is 14.1. The van der Waals surface area contributed by atoms with Gasteiger partial charge in [-0.25, -0.2) is 0 Å². The normalized spacial score (nSPS) is 30.2. The lowest BCUT2D eigenvalue weighted by Crippen LogP contribution is -2.43. The Morgan fingerprint density at radius 1 is 1.16 bits per heavy atom. The molecular formula is C17H24O2. The van der Waals surface area contributed by atoms with Crippen molar-refractivity contribution in [1.82, 2.24) is 0 Å². The van der Waals surface area contributed by atoms with Crippen LogP contribution in [0.5, 0.6) is 5.75 Å². The fraction of sp³-hybridized carbons (Fsp3) is 0.588. The molecule has 1 aromatic rings. The van der Waals surface area contributed by atoms with Gasteiger partial charge in [0.1, 0.15) is 11.5 Å². The average molecular weight is 260 g/mol. The Hall–Kier alpha value is -1.31. The van der Waals surface area contributed by atoms with Crippen LogP contribution >= 0.6 is 0 Å². The summed E-state index contributed by atoms with van der Waals surface area (Å²) in [5, 5.41) is 0. The molecule has 0 N–H and O–H groups in total. The van der Waals surface area contributed by atoms with E-state index in [-0.39, 0.29) is 11.3 Å². The second kappa shape index (κ2) is 4.99. The number of methoxy groups -OCH3 is 1. The number of hydrogen-bond acceptors (Lipinski definition) is 2. The number of carbonyl (C=O) groups is 1. The summed E-state index contributed by atoms with van der Waals surface area (Å²) >= 11 is 0. The number of ether oxygens (including phenoxy) is 1. The Morgan fingerprint density at radius 2 is 1.74 bits per heavy atom. The lowest BCUT2D eigenvalue weighted by molar-refractivity contribution is -0.132. The molecule has 1 aliphatic rings. The van der Waals surface area contributed by atoms with Crippen LogP contribution in [0.3, 0.4) is 0 Å². The fourth-order valence-electron chi connectivity index (χ4n) is 3.16. The molecule has 3 atom stereocenters. The molecule has 2 nitrogen and oxygen atoms in total. The molecule has 1 saturated carbocycles. The zero-order chi connectivity index (χ0) is 14.2. The lowest BCUT2D eigenvalue weighted by atomic mass is 9.57.